The van der Waals surface area contributed by atoms with Crippen molar-refractivity contribution in [2.45, 2.75) is 19.8 Å². The molecule has 3 nitrogen and oxygen atoms in total. The third-order valence-electron chi connectivity index (χ3n) is 3.75. The molecule has 1 aromatic rings. The lowest BCUT2D eigenvalue weighted by molar-refractivity contribution is -0.130. The van der Waals surface area contributed by atoms with Gasteiger partial charge in [-0.05, 0) is 37.4 Å². The molecule has 0 aromatic heterocycles. The third-order valence-corrected chi connectivity index (χ3v) is 3.75. The van der Waals surface area contributed by atoms with Crippen LogP contribution in [0.1, 0.15) is 24.5 Å². The standard InChI is InChI=1S/C16H23N2O/c1-14-5-3-6-16(13-14)7-4-8-17-9-11-18(12-10-17)15(2)19/h3,5-6,13H,1,4,7-12H2,2H3. The zero-order valence-corrected chi connectivity index (χ0v) is 11.8. The van der Waals surface area contributed by atoms with E-state index in [-0.39, 0.29) is 5.91 Å². The van der Waals surface area contributed by atoms with Gasteiger partial charge < -0.3 is 4.90 Å². The third kappa shape index (κ3) is 4.35. The van der Waals surface area contributed by atoms with Crippen molar-refractivity contribution in [2.24, 2.45) is 0 Å². The van der Waals surface area contributed by atoms with E-state index in [0.29, 0.717) is 0 Å². The van der Waals surface area contributed by atoms with Crippen molar-refractivity contribution in [3.05, 3.63) is 42.3 Å². The summed E-state index contributed by atoms with van der Waals surface area (Å²) in [5.74, 6) is 0.201. The van der Waals surface area contributed by atoms with Gasteiger partial charge in [0.15, 0.2) is 0 Å². The lowest BCUT2D eigenvalue weighted by Gasteiger charge is -2.34. The van der Waals surface area contributed by atoms with Crippen molar-refractivity contribution in [3.8, 4) is 0 Å². The summed E-state index contributed by atoms with van der Waals surface area (Å²) in [6, 6.07) is 8.43. The molecule has 0 unspecified atom stereocenters. The molecule has 19 heavy (non-hydrogen) atoms. The number of aryl methyl sites for hydroxylation is 1. The van der Waals surface area contributed by atoms with E-state index in [1.54, 1.807) is 6.92 Å². The zero-order valence-electron chi connectivity index (χ0n) is 11.8. The molecule has 1 fully saturated rings. The monoisotopic (exact) mass is 259 g/mol. The predicted octanol–water partition coefficient (Wildman–Crippen LogP) is 1.97. The van der Waals surface area contributed by atoms with Crippen LogP contribution in [0.4, 0.5) is 0 Å². The first-order valence-corrected chi connectivity index (χ1v) is 7.04. The van der Waals surface area contributed by atoms with E-state index in [9.17, 15) is 4.79 Å². The molecule has 1 aromatic carbocycles. The van der Waals surface area contributed by atoms with E-state index < -0.39 is 0 Å². The molecule has 1 aliphatic heterocycles. The summed E-state index contributed by atoms with van der Waals surface area (Å²) >= 11 is 0. The summed E-state index contributed by atoms with van der Waals surface area (Å²) in [5, 5.41) is 0. The first-order chi connectivity index (χ1) is 9.15. The fourth-order valence-corrected chi connectivity index (χ4v) is 2.58. The van der Waals surface area contributed by atoms with Gasteiger partial charge in [0.25, 0.3) is 0 Å². The largest absolute Gasteiger partial charge is 0.340 e. The number of rotatable bonds is 4. The number of carbonyl (C=O) groups excluding carboxylic acids is 1. The van der Waals surface area contributed by atoms with Crippen molar-refractivity contribution in [1.29, 1.82) is 0 Å². The Morgan fingerprint density at radius 1 is 1.26 bits per heavy atom. The quantitative estimate of drug-likeness (QED) is 0.825. The van der Waals surface area contributed by atoms with E-state index in [1.165, 1.54) is 12.0 Å². The van der Waals surface area contributed by atoms with Gasteiger partial charge in [0.2, 0.25) is 5.91 Å². The highest BCUT2D eigenvalue weighted by atomic mass is 16.2. The zero-order chi connectivity index (χ0) is 13.7. The molecule has 1 amide bonds. The van der Waals surface area contributed by atoms with Crippen LogP contribution in [0.5, 0.6) is 0 Å². The lowest BCUT2D eigenvalue weighted by Crippen LogP contribution is -2.48. The van der Waals surface area contributed by atoms with Gasteiger partial charge in [-0.3, -0.25) is 9.69 Å². The van der Waals surface area contributed by atoms with Gasteiger partial charge in [-0.2, -0.15) is 0 Å². The van der Waals surface area contributed by atoms with Crippen LogP contribution < -0.4 is 0 Å². The van der Waals surface area contributed by atoms with Crippen molar-refractivity contribution < 1.29 is 4.79 Å². The highest BCUT2D eigenvalue weighted by Gasteiger charge is 2.17. The van der Waals surface area contributed by atoms with Gasteiger partial charge in [0, 0.05) is 33.1 Å². The summed E-state index contributed by atoms with van der Waals surface area (Å²) in [4.78, 5) is 15.6. The second kappa shape index (κ2) is 6.71. The SMILES string of the molecule is [CH2]c1cccc(CCCN2CCN(C(C)=O)CC2)c1. The average Bonchev–Trinajstić information content (AvgIpc) is 2.39. The average molecular weight is 259 g/mol. The smallest absolute Gasteiger partial charge is 0.219 e. The first kappa shape index (κ1) is 14.1. The fourth-order valence-electron chi connectivity index (χ4n) is 2.58. The number of hydrogen-bond donors (Lipinski definition) is 0. The van der Waals surface area contributed by atoms with Gasteiger partial charge in [0.1, 0.15) is 0 Å². The van der Waals surface area contributed by atoms with Gasteiger partial charge >= 0.3 is 0 Å². The molecule has 103 valence electrons. The summed E-state index contributed by atoms with van der Waals surface area (Å²) < 4.78 is 0. The summed E-state index contributed by atoms with van der Waals surface area (Å²) in [7, 11) is 0. The number of hydrogen-bond acceptors (Lipinski definition) is 2. The Labute approximate surface area is 116 Å². The highest BCUT2D eigenvalue weighted by molar-refractivity contribution is 5.73. The van der Waals surface area contributed by atoms with E-state index in [0.717, 1.165) is 44.7 Å². The van der Waals surface area contributed by atoms with E-state index in [1.807, 2.05) is 11.0 Å². The normalized spacial score (nSPS) is 16.6. The van der Waals surface area contributed by atoms with Crippen molar-refractivity contribution in [1.82, 2.24) is 9.80 Å². The number of carbonyl (C=O) groups is 1. The molecule has 0 N–H and O–H groups in total. The minimum Gasteiger partial charge on any atom is -0.340 e. The molecule has 3 heteroatoms. The molecule has 1 aliphatic rings. The Morgan fingerprint density at radius 2 is 2.00 bits per heavy atom. The second-order valence-corrected chi connectivity index (χ2v) is 5.27. The molecule has 0 atom stereocenters. The van der Waals surface area contributed by atoms with E-state index in [4.69, 9.17) is 0 Å². The minimum absolute atomic E-state index is 0.201. The molecule has 1 heterocycles. The maximum absolute atomic E-state index is 11.2. The highest BCUT2D eigenvalue weighted by Crippen LogP contribution is 2.08. The number of benzene rings is 1. The summed E-state index contributed by atoms with van der Waals surface area (Å²) in [6.45, 7) is 10.5. The van der Waals surface area contributed by atoms with E-state index in [2.05, 4.69) is 30.0 Å². The second-order valence-electron chi connectivity index (χ2n) is 5.27. The Kier molecular flexibility index (Phi) is 4.97. The number of nitrogens with zero attached hydrogens (tertiary/aromatic N) is 2. The van der Waals surface area contributed by atoms with Gasteiger partial charge in [-0.15, -0.1) is 0 Å². The molecule has 0 bridgehead atoms. The van der Waals surface area contributed by atoms with Gasteiger partial charge in [-0.1, -0.05) is 24.3 Å². The number of amides is 1. The summed E-state index contributed by atoms with van der Waals surface area (Å²) in [6.07, 6.45) is 2.28. The Hall–Kier alpha value is -1.35. The van der Waals surface area contributed by atoms with Gasteiger partial charge in [-0.25, -0.2) is 0 Å². The first-order valence-electron chi connectivity index (χ1n) is 7.04. The van der Waals surface area contributed by atoms with Crippen LogP contribution in [0.15, 0.2) is 24.3 Å². The van der Waals surface area contributed by atoms with Crippen LogP contribution in [0.2, 0.25) is 0 Å². The lowest BCUT2D eigenvalue weighted by atomic mass is 10.1. The topological polar surface area (TPSA) is 23.6 Å². The fraction of sp³-hybridized carbons (Fsp3) is 0.500. The maximum atomic E-state index is 11.2. The molecular formula is C16H23N2O. The van der Waals surface area contributed by atoms with Crippen molar-refractivity contribution in [3.63, 3.8) is 0 Å². The predicted molar refractivity (Wildman–Crippen MR) is 77.9 cm³/mol. The van der Waals surface area contributed by atoms with Gasteiger partial charge in [0.05, 0.1) is 0 Å². The molecule has 0 aliphatic carbocycles. The molecule has 0 saturated carbocycles. The maximum Gasteiger partial charge on any atom is 0.219 e. The molecule has 1 radical (unpaired) electrons. The Bertz CT molecular complexity index is 423. The van der Waals surface area contributed by atoms with Crippen LogP contribution in [0, 0.1) is 6.92 Å². The van der Waals surface area contributed by atoms with E-state index >= 15 is 0 Å². The van der Waals surface area contributed by atoms with Crippen LogP contribution >= 0.6 is 0 Å². The van der Waals surface area contributed by atoms with Crippen molar-refractivity contribution >= 4 is 5.91 Å². The summed E-state index contributed by atoms with van der Waals surface area (Å²) in [5.41, 5.74) is 2.46. The van der Waals surface area contributed by atoms with Crippen LogP contribution in [-0.4, -0.2) is 48.4 Å². The molecule has 2 rings (SSSR count). The van der Waals surface area contributed by atoms with Crippen LogP contribution in [-0.2, 0) is 11.2 Å². The molecule has 0 spiro atoms. The van der Waals surface area contributed by atoms with Crippen LogP contribution in [0.25, 0.3) is 0 Å². The Balaban J connectivity index is 1.68. The van der Waals surface area contributed by atoms with Crippen molar-refractivity contribution in [2.75, 3.05) is 32.7 Å². The number of piperazine rings is 1. The molecular weight excluding hydrogens is 236 g/mol. The van der Waals surface area contributed by atoms with Crippen LogP contribution in [0.3, 0.4) is 0 Å². The molecule has 1 saturated heterocycles. The Morgan fingerprint density at radius 3 is 2.63 bits per heavy atom. The minimum atomic E-state index is 0.201.